The molecule has 1 aliphatic heterocycles. The topological polar surface area (TPSA) is 56.4 Å². The number of benzene rings is 2. The minimum Gasteiger partial charge on any atom is -0.335 e. The lowest BCUT2D eigenvalue weighted by Gasteiger charge is -2.39. The predicted molar refractivity (Wildman–Crippen MR) is 112 cm³/mol. The summed E-state index contributed by atoms with van der Waals surface area (Å²) in [5.74, 6) is -0.198. The van der Waals surface area contributed by atoms with Gasteiger partial charge in [0.1, 0.15) is 5.56 Å². The first-order valence-corrected chi connectivity index (χ1v) is 9.63. The fourth-order valence-electron chi connectivity index (χ4n) is 4.11. The molecular formula is C23H25N3O2. The maximum Gasteiger partial charge on any atom is 0.261 e. The Balaban J connectivity index is 1.67. The molecular weight excluding hydrogens is 350 g/mol. The zero-order chi connectivity index (χ0) is 19.8. The van der Waals surface area contributed by atoms with E-state index in [0.29, 0.717) is 13.1 Å². The van der Waals surface area contributed by atoms with Gasteiger partial charge >= 0.3 is 0 Å². The number of hydrogen-bond donors (Lipinski definition) is 1. The molecule has 1 aromatic heterocycles. The summed E-state index contributed by atoms with van der Waals surface area (Å²) in [6, 6.07) is 16.1. The number of hydrogen-bond acceptors (Lipinski definition) is 3. The highest BCUT2D eigenvalue weighted by molar-refractivity contribution is 5.97. The first kappa shape index (κ1) is 18.4. The predicted octanol–water partition coefficient (Wildman–Crippen LogP) is 3.27. The van der Waals surface area contributed by atoms with Crippen molar-refractivity contribution >= 4 is 16.8 Å². The Labute approximate surface area is 164 Å². The molecule has 1 aliphatic rings. The van der Waals surface area contributed by atoms with Crippen molar-refractivity contribution in [2.75, 3.05) is 26.7 Å². The van der Waals surface area contributed by atoms with Crippen molar-refractivity contribution in [3.8, 4) is 0 Å². The van der Waals surface area contributed by atoms with Gasteiger partial charge in [-0.05, 0) is 49.5 Å². The summed E-state index contributed by atoms with van der Waals surface area (Å²) in [7, 11) is 2.08. The molecule has 5 nitrogen and oxygen atoms in total. The van der Waals surface area contributed by atoms with Gasteiger partial charge in [0.15, 0.2) is 0 Å². The first-order chi connectivity index (χ1) is 13.4. The molecule has 1 fully saturated rings. The molecule has 0 radical (unpaired) electrons. The Kier molecular flexibility index (Phi) is 4.77. The van der Waals surface area contributed by atoms with E-state index in [1.54, 1.807) is 11.0 Å². The summed E-state index contributed by atoms with van der Waals surface area (Å²) in [6.45, 7) is 5.95. The van der Waals surface area contributed by atoms with Gasteiger partial charge in [0.2, 0.25) is 0 Å². The van der Waals surface area contributed by atoms with E-state index in [-0.39, 0.29) is 23.1 Å². The molecule has 3 aromatic rings. The molecule has 0 bridgehead atoms. The zero-order valence-corrected chi connectivity index (χ0v) is 16.5. The lowest BCUT2D eigenvalue weighted by Crippen LogP contribution is -2.49. The number of carbonyl (C=O) groups excluding carboxylic acids is 1. The highest BCUT2D eigenvalue weighted by Gasteiger charge is 2.30. The highest BCUT2D eigenvalue weighted by Crippen LogP contribution is 2.25. The van der Waals surface area contributed by atoms with Crippen molar-refractivity contribution in [3.63, 3.8) is 0 Å². The maximum atomic E-state index is 13.2. The van der Waals surface area contributed by atoms with Crippen LogP contribution in [0.4, 0.5) is 0 Å². The molecule has 5 heteroatoms. The SMILES string of the molecule is Cc1cc(C)c2[nH]c(=O)c(C(=O)N3CCN(C)C(c4ccccc4)C3)cc2c1. The second-order valence-corrected chi connectivity index (χ2v) is 7.72. The van der Waals surface area contributed by atoms with Gasteiger partial charge in [-0.1, -0.05) is 42.0 Å². The van der Waals surface area contributed by atoms with E-state index in [4.69, 9.17) is 0 Å². The standard InChI is InChI=1S/C23H25N3O2/c1-15-11-16(2)21-18(12-15)13-19(22(27)24-21)23(28)26-10-9-25(3)20(14-26)17-7-5-4-6-8-17/h4-8,11-13,20H,9-10,14H2,1-3H3,(H,24,27). The van der Waals surface area contributed by atoms with Crippen LogP contribution >= 0.6 is 0 Å². The fourth-order valence-corrected chi connectivity index (χ4v) is 4.11. The number of aromatic amines is 1. The largest absolute Gasteiger partial charge is 0.335 e. The van der Waals surface area contributed by atoms with Crippen molar-refractivity contribution in [1.29, 1.82) is 0 Å². The van der Waals surface area contributed by atoms with Gasteiger partial charge in [-0.25, -0.2) is 0 Å². The zero-order valence-electron chi connectivity index (χ0n) is 16.5. The van der Waals surface area contributed by atoms with Gasteiger partial charge in [0.05, 0.1) is 11.6 Å². The third-order valence-electron chi connectivity index (χ3n) is 5.64. The van der Waals surface area contributed by atoms with Gasteiger partial charge in [-0.2, -0.15) is 0 Å². The van der Waals surface area contributed by atoms with Gasteiger partial charge in [0, 0.05) is 19.6 Å². The summed E-state index contributed by atoms with van der Waals surface area (Å²) in [4.78, 5) is 32.8. The molecule has 0 aliphatic carbocycles. The third-order valence-corrected chi connectivity index (χ3v) is 5.64. The molecule has 2 heterocycles. The van der Waals surface area contributed by atoms with E-state index < -0.39 is 0 Å². The Bertz CT molecular complexity index is 1090. The second kappa shape index (κ2) is 7.24. The van der Waals surface area contributed by atoms with Crippen LogP contribution in [-0.4, -0.2) is 47.4 Å². The smallest absolute Gasteiger partial charge is 0.261 e. The van der Waals surface area contributed by atoms with Gasteiger partial charge in [0.25, 0.3) is 11.5 Å². The van der Waals surface area contributed by atoms with Crippen LogP contribution in [0.25, 0.3) is 10.9 Å². The molecule has 1 atom stereocenters. The van der Waals surface area contributed by atoms with Crippen molar-refractivity contribution in [1.82, 2.24) is 14.8 Å². The number of fused-ring (bicyclic) bond motifs is 1. The highest BCUT2D eigenvalue weighted by atomic mass is 16.2. The molecule has 28 heavy (non-hydrogen) atoms. The second-order valence-electron chi connectivity index (χ2n) is 7.72. The van der Waals surface area contributed by atoms with Gasteiger partial charge in [-0.15, -0.1) is 0 Å². The summed E-state index contributed by atoms with van der Waals surface area (Å²) in [6.07, 6.45) is 0. The van der Waals surface area contributed by atoms with Crippen molar-refractivity contribution in [2.24, 2.45) is 0 Å². The molecule has 144 valence electrons. The van der Waals surface area contributed by atoms with Crippen LogP contribution in [0.2, 0.25) is 0 Å². The molecule has 0 saturated carbocycles. The number of carbonyl (C=O) groups is 1. The molecule has 4 rings (SSSR count). The van der Waals surface area contributed by atoms with Crippen LogP contribution in [-0.2, 0) is 0 Å². The van der Waals surface area contributed by atoms with Crippen molar-refractivity contribution in [3.05, 3.63) is 81.1 Å². The van der Waals surface area contributed by atoms with E-state index in [2.05, 4.69) is 29.1 Å². The molecule has 1 N–H and O–H groups in total. The lowest BCUT2D eigenvalue weighted by molar-refractivity contribution is 0.0545. The van der Waals surface area contributed by atoms with Crippen LogP contribution in [0, 0.1) is 13.8 Å². The number of rotatable bonds is 2. The normalized spacial score (nSPS) is 17.8. The fraction of sp³-hybridized carbons (Fsp3) is 0.304. The van der Waals surface area contributed by atoms with Crippen LogP contribution in [0.5, 0.6) is 0 Å². The Morgan fingerprint density at radius 1 is 1.07 bits per heavy atom. The number of aryl methyl sites for hydroxylation is 2. The number of likely N-dealkylation sites (N-methyl/N-ethyl adjacent to an activating group) is 1. The average Bonchev–Trinajstić information content (AvgIpc) is 2.69. The Hall–Kier alpha value is -2.92. The molecule has 0 spiro atoms. The van der Waals surface area contributed by atoms with Gasteiger partial charge < -0.3 is 9.88 Å². The third kappa shape index (κ3) is 3.34. The number of amides is 1. The quantitative estimate of drug-likeness (QED) is 0.748. The van der Waals surface area contributed by atoms with Crippen LogP contribution < -0.4 is 5.56 Å². The van der Waals surface area contributed by atoms with E-state index in [1.165, 1.54) is 5.56 Å². The molecule has 1 saturated heterocycles. The molecule has 1 unspecified atom stereocenters. The van der Waals surface area contributed by atoms with Crippen LogP contribution in [0.1, 0.15) is 33.1 Å². The van der Waals surface area contributed by atoms with Crippen LogP contribution in [0.15, 0.2) is 53.3 Å². The number of nitrogens with one attached hydrogen (secondary N) is 1. The van der Waals surface area contributed by atoms with E-state index in [0.717, 1.165) is 28.6 Å². The van der Waals surface area contributed by atoms with E-state index in [1.807, 2.05) is 44.2 Å². The minimum absolute atomic E-state index is 0.128. The number of H-pyrrole nitrogens is 1. The maximum absolute atomic E-state index is 13.2. The Morgan fingerprint density at radius 2 is 1.82 bits per heavy atom. The Morgan fingerprint density at radius 3 is 2.57 bits per heavy atom. The number of nitrogens with zero attached hydrogens (tertiary/aromatic N) is 2. The summed E-state index contributed by atoms with van der Waals surface area (Å²) in [5, 5.41) is 0.897. The summed E-state index contributed by atoms with van der Waals surface area (Å²) in [5.41, 5.74) is 4.00. The number of piperazine rings is 1. The first-order valence-electron chi connectivity index (χ1n) is 9.63. The van der Waals surface area contributed by atoms with E-state index >= 15 is 0 Å². The number of pyridine rings is 1. The minimum atomic E-state index is -0.320. The lowest BCUT2D eigenvalue weighted by atomic mass is 10.0. The van der Waals surface area contributed by atoms with Gasteiger partial charge in [-0.3, -0.25) is 14.5 Å². The average molecular weight is 375 g/mol. The van der Waals surface area contributed by atoms with Crippen LogP contribution in [0.3, 0.4) is 0 Å². The number of aromatic nitrogens is 1. The van der Waals surface area contributed by atoms with Crippen molar-refractivity contribution in [2.45, 2.75) is 19.9 Å². The summed E-state index contributed by atoms with van der Waals surface area (Å²) < 4.78 is 0. The summed E-state index contributed by atoms with van der Waals surface area (Å²) >= 11 is 0. The molecule has 2 aromatic carbocycles. The monoisotopic (exact) mass is 375 g/mol. The van der Waals surface area contributed by atoms with E-state index in [9.17, 15) is 9.59 Å². The molecule has 1 amide bonds. The van der Waals surface area contributed by atoms with Crippen molar-refractivity contribution < 1.29 is 4.79 Å².